The van der Waals surface area contributed by atoms with Gasteiger partial charge in [0.2, 0.25) is 0 Å². The highest BCUT2D eigenvalue weighted by atomic mass is 19.1. The molecule has 1 amide bonds. The fourth-order valence-electron chi connectivity index (χ4n) is 3.69. The van der Waals surface area contributed by atoms with E-state index in [4.69, 9.17) is 10.3 Å². The van der Waals surface area contributed by atoms with Crippen molar-refractivity contribution < 1.29 is 13.7 Å². The monoisotopic (exact) mass is 366 g/mol. The summed E-state index contributed by atoms with van der Waals surface area (Å²) in [6, 6.07) is 7.80. The number of aromatic nitrogens is 2. The van der Waals surface area contributed by atoms with Gasteiger partial charge in [-0.1, -0.05) is 5.16 Å². The quantitative estimate of drug-likeness (QED) is 0.770. The number of carbonyl (C=O) groups excluding carboxylic acids is 1. The second-order valence-electron chi connectivity index (χ2n) is 7.38. The summed E-state index contributed by atoms with van der Waals surface area (Å²) in [4.78, 5) is 19.6. The van der Waals surface area contributed by atoms with Gasteiger partial charge in [-0.2, -0.15) is 0 Å². The van der Waals surface area contributed by atoms with Crippen LogP contribution in [0.2, 0.25) is 0 Å². The molecule has 0 unspecified atom stereocenters. The molecule has 1 atom stereocenters. The van der Waals surface area contributed by atoms with Crippen LogP contribution in [0.15, 0.2) is 34.9 Å². The Labute approximate surface area is 155 Å². The second kappa shape index (κ2) is 6.13. The average Bonchev–Trinajstić information content (AvgIpc) is 3.28. The number of nitrogens with two attached hydrogens (primary N) is 1. The van der Waals surface area contributed by atoms with Crippen molar-refractivity contribution in [1.29, 1.82) is 0 Å². The molecule has 1 aromatic carbocycles. The molecule has 3 heterocycles. The van der Waals surface area contributed by atoms with E-state index in [2.05, 4.69) is 10.1 Å². The van der Waals surface area contributed by atoms with Crippen molar-refractivity contribution in [2.75, 3.05) is 13.1 Å². The molecule has 2 fully saturated rings. The fourth-order valence-corrected chi connectivity index (χ4v) is 3.69. The lowest BCUT2D eigenvalue weighted by Crippen LogP contribution is -2.32. The van der Waals surface area contributed by atoms with Crippen LogP contribution in [0.1, 0.15) is 41.2 Å². The average molecular weight is 366 g/mol. The SMILES string of the molecule is N[C@H]1CCN(C(=O)c2cc(-c3ccc(F)cc3)nc3onc(C4CC4)c23)C1. The first-order chi connectivity index (χ1) is 13.1. The molecule has 1 aliphatic heterocycles. The molecule has 2 aliphatic rings. The highest BCUT2D eigenvalue weighted by Gasteiger charge is 2.34. The van der Waals surface area contributed by atoms with Crippen LogP contribution in [0.5, 0.6) is 0 Å². The molecule has 1 saturated heterocycles. The number of halogens is 1. The number of likely N-dealkylation sites (tertiary alicyclic amines) is 1. The largest absolute Gasteiger partial charge is 0.337 e. The number of hydrogen-bond donors (Lipinski definition) is 1. The van der Waals surface area contributed by atoms with Gasteiger partial charge in [0.1, 0.15) is 5.82 Å². The minimum Gasteiger partial charge on any atom is -0.337 e. The number of pyridine rings is 1. The molecule has 0 spiro atoms. The van der Waals surface area contributed by atoms with E-state index in [-0.39, 0.29) is 17.8 Å². The lowest BCUT2D eigenvalue weighted by atomic mass is 10.0. The van der Waals surface area contributed by atoms with Crippen LogP contribution in [0, 0.1) is 5.82 Å². The lowest BCUT2D eigenvalue weighted by molar-refractivity contribution is 0.0792. The fraction of sp³-hybridized carbons (Fsp3) is 0.350. The maximum Gasteiger partial charge on any atom is 0.259 e. The van der Waals surface area contributed by atoms with Gasteiger partial charge in [-0.05, 0) is 49.6 Å². The summed E-state index contributed by atoms with van der Waals surface area (Å²) < 4.78 is 18.8. The topological polar surface area (TPSA) is 85.2 Å². The van der Waals surface area contributed by atoms with Gasteiger partial charge in [0.25, 0.3) is 11.6 Å². The first-order valence-corrected chi connectivity index (χ1v) is 9.21. The minimum atomic E-state index is -0.321. The van der Waals surface area contributed by atoms with Crippen molar-refractivity contribution >= 4 is 17.0 Å². The molecule has 138 valence electrons. The van der Waals surface area contributed by atoms with Crippen LogP contribution < -0.4 is 5.73 Å². The van der Waals surface area contributed by atoms with Crippen molar-refractivity contribution in [3.8, 4) is 11.3 Å². The maximum absolute atomic E-state index is 13.3. The Bertz CT molecular complexity index is 1030. The number of amides is 1. The number of benzene rings is 1. The third kappa shape index (κ3) is 2.88. The van der Waals surface area contributed by atoms with Crippen LogP contribution >= 0.6 is 0 Å². The zero-order chi connectivity index (χ0) is 18.5. The summed E-state index contributed by atoms with van der Waals surface area (Å²) >= 11 is 0. The Morgan fingerprint density at radius 3 is 2.67 bits per heavy atom. The zero-order valence-corrected chi connectivity index (χ0v) is 14.7. The molecule has 7 heteroatoms. The Kier molecular flexibility index (Phi) is 3.72. The van der Waals surface area contributed by atoms with Gasteiger partial charge in [0, 0.05) is 30.6 Å². The smallest absolute Gasteiger partial charge is 0.259 e. The summed E-state index contributed by atoms with van der Waals surface area (Å²) in [5.74, 6) is -0.0706. The van der Waals surface area contributed by atoms with Gasteiger partial charge in [0.15, 0.2) is 0 Å². The third-order valence-electron chi connectivity index (χ3n) is 5.32. The highest BCUT2D eigenvalue weighted by Crippen LogP contribution is 2.43. The minimum absolute atomic E-state index is 0.00762. The van der Waals surface area contributed by atoms with E-state index in [1.807, 2.05) is 0 Å². The third-order valence-corrected chi connectivity index (χ3v) is 5.32. The van der Waals surface area contributed by atoms with Crippen LogP contribution in [-0.4, -0.2) is 40.1 Å². The van der Waals surface area contributed by atoms with E-state index in [1.165, 1.54) is 12.1 Å². The number of nitrogens with zero attached hydrogens (tertiary/aromatic N) is 3. The van der Waals surface area contributed by atoms with E-state index in [9.17, 15) is 9.18 Å². The Morgan fingerprint density at radius 1 is 1.22 bits per heavy atom. The van der Waals surface area contributed by atoms with Gasteiger partial charge in [-0.15, -0.1) is 0 Å². The lowest BCUT2D eigenvalue weighted by Gasteiger charge is -2.17. The van der Waals surface area contributed by atoms with Crippen LogP contribution in [0.4, 0.5) is 4.39 Å². The molecule has 6 nitrogen and oxygen atoms in total. The first-order valence-electron chi connectivity index (χ1n) is 9.21. The molecule has 27 heavy (non-hydrogen) atoms. The predicted octanol–water partition coefficient (Wildman–Crippen LogP) is 3.08. The second-order valence-corrected chi connectivity index (χ2v) is 7.38. The molecular weight excluding hydrogens is 347 g/mol. The normalized spacial score (nSPS) is 19.8. The van der Waals surface area contributed by atoms with E-state index in [1.54, 1.807) is 23.1 Å². The molecule has 5 rings (SSSR count). The van der Waals surface area contributed by atoms with Crippen LogP contribution in [0.25, 0.3) is 22.4 Å². The standard InChI is InChI=1S/C20H19FN4O2/c21-13-5-3-11(4-6-13)16-9-15(20(26)25-8-7-14(22)10-25)17-18(12-1-2-12)24-27-19(17)23-16/h3-6,9,12,14H,1-2,7-8,10,22H2/t14-/m0/s1. The predicted molar refractivity (Wildman–Crippen MR) is 97.7 cm³/mol. The summed E-state index contributed by atoms with van der Waals surface area (Å²) in [6.45, 7) is 1.18. The Balaban J connectivity index is 1.66. The van der Waals surface area contributed by atoms with Crippen molar-refractivity contribution in [3.05, 3.63) is 47.4 Å². The van der Waals surface area contributed by atoms with E-state index >= 15 is 0 Å². The highest BCUT2D eigenvalue weighted by molar-refractivity contribution is 6.07. The summed E-state index contributed by atoms with van der Waals surface area (Å²) in [7, 11) is 0. The van der Waals surface area contributed by atoms with Crippen molar-refractivity contribution in [1.82, 2.24) is 15.0 Å². The van der Waals surface area contributed by atoms with Gasteiger partial charge in [-0.3, -0.25) is 4.79 Å². The zero-order valence-electron chi connectivity index (χ0n) is 14.7. The number of hydrogen-bond acceptors (Lipinski definition) is 5. The van der Waals surface area contributed by atoms with E-state index in [0.29, 0.717) is 41.4 Å². The molecule has 2 aromatic heterocycles. The van der Waals surface area contributed by atoms with E-state index in [0.717, 1.165) is 30.5 Å². The van der Waals surface area contributed by atoms with Gasteiger partial charge in [-0.25, -0.2) is 9.37 Å². The number of fused-ring (bicyclic) bond motifs is 1. The number of rotatable bonds is 3. The summed E-state index contributed by atoms with van der Waals surface area (Å²) in [6.07, 6.45) is 2.89. The molecule has 1 aliphatic carbocycles. The van der Waals surface area contributed by atoms with Crippen molar-refractivity contribution in [3.63, 3.8) is 0 Å². The Morgan fingerprint density at radius 2 is 2.00 bits per heavy atom. The van der Waals surface area contributed by atoms with Crippen LogP contribution in [-0.2, 0) is 0 Å². The van der Waals surface area contributed by atoms with Gasteiger partial charge < -0.3 is 15.2 Å². The molecular formula is C20H19FN4O2. The molecule has 2 N–H and O–H groups in total. The molecule has 0 radical (unpaired) electrons. The molecule has 3 aromatic rings. The number of carbonyl (C=O) groups is 1. The van der Waals surface area contributed by atoms with Crippen molar-refractivity contribution in [2.45, 2.75) is 31.2 Å². The van der Waals surface area contributed by atoms with Crippen molar-refractivity contribution in [2.24, 2.45) is 5.73 Å². The summed E-state index contributed by atoms with van der Waals surface area (Å²) in [5.41, 5.74) is 8.97. The summed E-state index contributed by atoms with van der Waals surface area (Å²) in [5, 5.41) is 4.90. The maximum atomic E-state index is 13.3. The molecule has 0 bridgehead atoms. The van der Waals surface area contributed by atoms with Gasteiger partial charge in [0.05, 0.1) is 22.3 Å². The van der Waals surface area contributed by atoms with E-state index < -0.39 is 0 Å². The van der Waals surface area contributed by atoms with Crippen LogP contribution in [0.3, 0.4) is 0 Å². The first kappa shape index (κ1) is 16.4. The van der Waals surface area contributed by atoms with Gasteiger partial charge >= 0.3 is 0 Å². The molecule has 1 saturated carbocycles. The Hall–Kier alpha value is -2.80.